The number of amides is 1. The van der Waals surface area contributed by atoms with Gasteiger partial charge in [-0.2, -0.15) is 0 Å². The second kappa shape index (κ2) is 6.10. The van der Waals surface area contributed by atoms with Crippen LogP contribution >= 0.6 is 0 Å². The van der Waals surface area contributed by atoms with Crippen molar-refractivity contribution < 1.29 is 9.32 Å². The van der Waals surface area contributed by atoms with Crippen molar-refractivity contribution in [3.63, 3.8) is 0 Å². The average molecular weight is 329 g/mol. The van der Waals surface area contributed by atoms with Crippen LogP contribution in [0.5, 0.6) is 0 Å². The predicted molar refractivity (Wildman–Crippen MR) is 86.1 cm³/mol. The first kappa shape index (κ1) is 14.9. The van der Waals surface area contributed by atoms with E-state index in [-0.39, 0.29) is 11.8 Å². The van der Waals surface area contributed by atoms with Crippen LogP contribution < -0.4 is 10.7 Å². The number of nitrogens with one attached hydrogen (secondary N) is 1. The molecule has 1 N–H and O–H groups in total. The molecule has 1 amide bonds. The van der Waals surface area contributed by atoms with E-state index in [0.717, 1.165) is 31.7 Å². The Balaban J connectivity index is 1.48. The lowest BCUT2D eigenvalue weighted by Gasteiger charge is -2.38. The van der Waals surface area contributed by atoms with Gasteiger partial charge in [-0.25, -0.2) is 9.78 Å². The normalized spacial score (nSPS) is 18.5. The molecule has 0 aromatic carbocycles. The highest BCUT2D eigenvalue weighted by Crippen LogP contribution is 2.28. The molecule has 8 nitrogen and oxygen atoms in total. The fourth-order valence-electron chi connectivity index (χ4n) is 3.33. The Kier molecular flexibility index (Phi) is 3.79. The minimum Gasteiger partial charge on any atom is -0.356 e. The molecule has 0 radical (unpaired) electrons. The minimum absolute atomic E-state index is 0.0224. The molecular weight excluding hydrogens is 310 g/mol. The summed E-state index contributed by atoms with van der Waals surface area (Å²) in [5.41, 5.74) is 0.645. The third kappa shape index (κ3) is 2.68. The topological polar surface area (TPSA) is 95.3 Å². The molecule has 0 spiro atoms. The summed E-state index contributed by atoms with van der Waals surface area (Å²) in [7, 11) is 0. The zero-order valence-electron chi connectivity index (χ0n) is 13.3. The van der Waals surface area contributed by atoms with Gasteiger partial charge in [0.15, 0.2) is 5.82 Å². The molecule has 2 fully saturated rings. The number of aromatic amines is 1. The second-order valence-electron chi connectivity index (χ2n) is 6.31. The zero-order chi connectivity index (χ0) is 16.5. The van der Waals surface area contributed by atoms with Crippen LogP contribution in [-0.2, 0) is 0 Å². The van der Waals surface area contributed by atoms with E-state index >= 15 is 0 Å². The largest absolute Gasteiger partial charge is 0.438 e. The van der Waals surface area contributed by atoms with Crippen molar-refractivity contribution in [3.05, 3.63) is 40.3 Å². The third-order valence-corrected chi connectivity index (χ3v) is 4.69. The molecule has 0 bridgehead atoms. The van der Waals surface area contributed by atoms with Crippen LogP contribution in [0.1, 0.15) is 41.4 Å². The number of aromatic nitrogens is 3. The molecule has 0 unspecified atom stereocenters. The molecule has 4 rings (SSSR count). The first-order chi connectivity index (χ1) is 11.7. The number of hydrogen-bond donors (Lipinski definition) is 1. The highest BCUT2D eigenvalue weighted by atomic mass is 16.5. The smallest absolute Gasteiger partial charge is 0.356 e. The molecule has 0 atom stereocenters. The van der Waals surface area contributed by atoms with E-state index in [0.29, 0.717) is 24.5 Å². The number of carbonyl (C=O) groups excluding carboxylic acids is 1. The fraction of sp³-hybridized carbons (Fsp3) is 0.500. The number of likely N-dealkylation sites (tertiary alicyclic amines) is 1. The number of nitrogens with zero attached hydrogens (tertiary/aromatic N) is 4. The number of piperidine rings is 1. The maximum Gasteiger partial charge on any atom is 0.438 e. The lowest BCUT2D eigenvalue weighted by atomic mass is 9.98. The molecule has 0 saturated carbocycles. The minimum atomic E-state index is -0.561. The van der Waals surface area contributed by atoms with Gasteiger partial charge in [0.05, 0.1) is 11.5 Å². The van der Waals surface area contributed by atoms with Crippen LogP contribution in [0.25, 0.3) is 0 Å². The molecule has 0 aliphatic carbocycles. The quantitative estimate of drug-likeness (QED) is 0.902. The predicted octanol–water partition coefficient (Wildman–Crippen LogP) is 0.988. The van der Waals surface area contributed by atoms with Gasteiger partial charge in [0.25, 0.3) is 5.91 Å². The van der Waals surface area contributed by atoms with Crippen molar-refractivity contribution in [2.75, 3.05) is 31.1 Å². The van der Waals surface area contributed by atoms with Crippen LogP contribution in [-0.4, -0.2) is 52.1 Å². The van der Waals surface area contributed by atoms with Crippen molar-refractivity contribution in [1.82, 2.24) is 20.0 Å². The third-order valence-electron chi connectivity index (χ3n) is 4.69. The van der Waals surface area contributed by atoms with Crippen LogP contribution in [0.3, 0.4) is 0 Å². The monoisotopic (exact) mass is 329 g/mol. The van der Waals surface area contributed by atoms with Crippen molar-refractivity contribution in [3.8, 4) is 0 Å². The van der Waals surface area contributed by atoms with Gasteiger partial charge in [0.2, 0.25) is 0 Å². The maximum atomic E-state index is 12.8. The maximum absolute atomic E-state index is 12.8. The van der Waals surface area contributed by atoms with Crippen LogP contribution in [0.15, 0.2) is 27.6 Å². The van der Waals surface area contributed by atoms with Crippen LogP contribution in [0.4, 0.5) is 5.82 Å². The summed E-state index contributed by atoms with van der Waals surface area (Å²) in [6, 6.07) is 3.64. The molecule has 4 heterocycles. The SMILES string of the molecule is O=C(c1cccnc1N1CCCCC1)N1CC(c2noc(=O)[nH]2)C1. The van der Waals surface area contributed by atoms with Crippen molar-refractivity contribution in [1.29, 1.82) is 0 Å². The van der Waals surface area contributed by atoms with Gasteiger partial charge in [-0.3, -0.25) is 14.3 Å². The number of pyridine rings is 1. The van der Waals surface area contributed by atoms with E-state index in [2.05, 4.69) is 24.5 Å². The van der Waals surface area contributed by atoms with E-state index in [1.807, 2.05) is 6.07 Å². The highest BCUT2D eigenvalue weighted by Gasteiger charge is 2.36. The van der Waals surface area contributed by atoms with Crippen LogP contribution in [0.2, 0.25) is 0 Å². The molecule has 2 aromatic rings. The van der Waals surface area contributed by atoms with Gasteiger partial charge >= 0.3 is 5.76 Å². The first-order valence-electron chi connectivity index (χ1n) is 8.27. The number of rotatable bonds is 3. The highest BCUT2D eigenvalue weighted by molar-refractivity contribution is 5.99. The Morgan fingerprint density at radius 3 is 2.75 bits per heavy atom. The number of hydrogen-bond acceptors (Lipinski definition) is 6. The number of carbonyl (C=O) groups is 1. The van der Waals surface area contributed by atoms with Crippen molar-refractivity contribution in [2.45, 2.75) is 25.2 Å². The molecule has 24 heavy (non-hydrogen) atoms. The van der Waals surface area contributed by atoms with Gasteiger partial charge in [-0.1, -0.05) is 5.16 Å². The summed E-state index contributed by atoms with van der Waals surface area (Å²) in [4.78, 5) is 34.8. The van der Waals surface area contributed by atoms with Gasteiger partial charge in [0, 0.05) is 32.4 Å². The molecule has 2 aliphatic rings. The summed E-state index contributed by atoms with van der Waals surface area (Å²) in [6.07, 6.45) is 5.24. The fourth-order valence-corrected chi connectivity index (χ4v) is 3.33. The van der Waals surface area contributed by atoms with Gasteiger partial charge in [0.1, 0.15) is 5.82 Å². The molecule has 8 heteroatoms. The Bertz CT molecular complexity index is 787. The summed E-state index contributed by atoms with van der Waals surface area (Å²) >= 11 is 0. The van der Waals surface area contributed by atoms with E-state index in [1.165, 1.54) is 6.42 Å². The number of anilines is 1. The average Bonchev–Trinajstić information content (AvgIpc) is 3.00. The molecule has 2 aliphatic heterocycles. The Morgan fingerprint density at radius 1 is 1.25 bits per heavy atom. The van der Waals surface area contributed by atoms with Crippen molar-refractivity contribution >= 4 is 11.7 Å². The van der Waals surface area contributed by atoms with E-state index in [9.17, 15) is 9.59 Å². The molecule has 2 aromatic heterocycles. The molecule has 2 saturated heterocycles. The van der Waals surface area contributed by atoms with E-state index < -0.39 is 5.76 Å². The molecular formula is C16H19N5O3. The first-order valence-corrected chi connectivity index (χ1v) is 8.27. The van der Waals surface area contributed by atoms with Gasteiger partial charge < -0.3 is 9.80 Å². The standard InChI is InChI=1S/C16H19N5O3/c22-15(21-9-11(10-21)13-18-16(23)24-19-13)12-5-4-6-17-14(12)20-7-2-1-3-8-20/h4-6,11H,1-3,7-10H2,(H,18,19,23). The van der Waals surface area contributed by atoms with Gasteiger partial charge in [-0.15, -0.1) is 0 Å². The van der Waals surface area contributed by atoms with Gasteiger partial charge in [-0.05, 0) is 31.4 Å². The Hall–Kier alpha value is -2.64. The van der Waals surface area contributed by atoms with Crippen LogP contribution in [0, 0.1) is 0 Å². The number of H-pyrrole nitrogens is 1. The summed E-state index contributed by atoms with van der Waals surface area (Å²) in [5, 5.41) is 3.69. The van der Waals surface area contributed by atoms with E-state index in [1.54, 1.807) is 17.2 Å². The molecule has 126 valence electrons. The lowest BCUT2D eigenvalue weighted by molar-refractivity contribution is 0.0592. The summed E-state index contributed by atoms with van der Waals surface area (Å²) in [6.45, 7) is 2.94. The second-order valence-corrected chi connectivity index (χ2v) is 6.31. The van der Waals surface area contributed by atoms with E-state index in [4.69, 9.17) is 0 Å². The zero-order valence-corrected chi connectivity index (χ0v) is 13.3. The summed E-state index contributed by atoms with van der Waals surface area (Å²) in [5.74, 6) is 0.725. The summed E-state index contributed by atoms with van der Waals surface area (Å²) < 4.78 is 4.52. The Labute approximate surface area is 138 Å². The van der Waals surface area contributed by atoms with Crippen molar-refractivity contribution in [2.24, 2.45) is 0 Å². The Morgan fingerprint density at radius 2 is 2.04 bits per heavy atom. The lowest BCUT2D eigenvalue weighted by Crippen LogP contribution is -2.49.